The molecule has 1 saturated heterocycles. The Morgan fingerprint density at radius 1 is 0.964 bits per heavy atom. The lowest BCUT2D eigenvalue weighted by atomic mass is 10.1. The molecule has 0 bridgehead atoms. The fourth-order valence-corrected chi connectivity index (χ4v) is 3.06. The number of nitrogens with one attached hydrogen (secondary N) is 2. The average molecular weight is 381 g/mol. The summed E-state index contributed by atoms with van der Waals surface area (Å²) in [7, 11) is 0. The Morgan fingerprint density at radius 2 is 1.61 bits per heavy atom. The average Bonchev–Trinajstić information content (AvgIpc) is 3.07. The highest BCUT2D eigenvalue weighted by atomic mass is 16.4. The third kappa shape index (κ3) is 4.35. The second kappa shape index (κ2) is 8.34. The third-order valence-corrected chi connectivity index (χ3v) is 4.50. The predicted octanol–water partition coefficient (Wildman–Crippen LogP) is 1.19. The van der Waals surface area contributed by atoms with Crippen molar-refractivity contribution in [3.8, 4) is 0 Å². The quantitative estimate of drug-likeness (QED) is 0.673. The first kappa shape index (κ1) is 19.1. The SMILES string of the molecule is O=C(O)c1ccccc1C(=O)NNC(=O)C1CC(=O)N(Cc2ccccc2)C1. The van der Waals surface area contributed by atoms with Crippen molar-refractivity contribution in [3.05, 3.63) is 71.3 Å². The monoisotopic (exact) mass is 381 g/mol. The first-order chi connectivity index (χ1) is 13.5. The number of hydrogen-bond acceptors (Lipinski definition) is 4. The second-order valence-electron chi connectivity index (χ2n) is 6.46. The molecule has 3 rings (SSSR count). The van der Waals surface area contributed by atoms with Gasteiger partial charge in [-0.3, -0.25) is 25.2 Å². The molecule has 1 fully saturated rings. The molecule has 8 heteroatoms. The molecule has 1 unspecified atom stereocenters. The number of rotatable bonds is 5. The Bertz CT molecular complexity index is 913. The topological polar surface area (TPSA) is 116 Å². The molecule has 0 aliphatic carbocycles. The molecule has 3 amide bonds. The molecule has 8 nitrogen and oxygen atoms in total. The van der Waals surface area contributed by atoms with E-state index in [9.17, 15) is 19.2 Å². The number of likely N-dealkylation sites (tertiary alicyclic amines) is 1. The van der Waals surface area contributed by atoms with Crippen LogP contribution in [0.2, 0.25) is 0 Å². The van der Waals surface area contributed by atoms with Gasteiger partial charge in [0.05, 0.1) is 17.0 Å². The van der Waals surface area contributed by atoms with Gasteiger partial charge >= 0.3 is 5.97 Å². The van der Waals surface area contributed by atoms with E-state index in [2.05, 4.69) is 10.9 Å². The fourth-order valence-electron chi connectivity index (χ4n) is 3.06. The Morgan fingerprint density at radius 3 is 2.29 bits per heavy atom. The van der Waals surface area contributed by atoms with Crippen molar-refractivity contribution < 1.29 is 24.3 Å². The molecule has 1 aliphatic heterocycles. The van der Waals surface area contributed by atoms with Crippen LogP contribution in [0.15, 0.2) is 54.6 Å². The second-order valence-corrected chi connectivity index (χ2v) is 6.46. The highest BCUT2D eigenvalue weighted by molar-refractivity contribution is 6.05. The lowest BCUT2D eigenvalue weighted by Crippen LogP contribution is -2.45. The van der Waals surface area contributed by atoms with Gasteiger partial charge in [-0.05, 0) is 17.7 Å². The lowest BCUT2D eigenvalue weighted by molar-refractivity contribution is -0.129. The number of carboxylic acid groups (broad SMARTS) is 1. The Hall–Kier alpha value is -3.68. The van der Waals surface area contributed by atoms with Crippen molar-refractivity contribution in [1.82, 2.24) is 15.8 Å². The molecule has 1 heterocycles. The summed E-state index contributed by atoms with van der Waals surface area (Å²) in [4.78, 5) is 49.5. The van der Waals surface area contributed by atoms with Gasteiger partial charge in [0.25, 0.3) is 5.91 Å². The Labute approximate surface area is 161 Å². The van der Waals surface area contributed by atoms with Crippen LogP contribution in [0.3, 0.4) is 0 Å². The standard InChI is InChI=1S/C20H19N3O5/c24-17-10-14(12-23(17)11-13-6-2-1-3-7-13)18(25)21-22-19(26)15-8-4-5-9-16(15)20(27)28/h1-9,14H,10-12H2,(H,21,25)(H,22,26)(H,27,28). The molecular formula is C20H19N3O5. The van der Waals surface area contributed by atoms with E-state index in [0.29, 0.717) is 6.54 Å². The minimum Gasteiger partial charge on any atom is -0.478 e. The van der Waals surface area contributed by atoms with E-state index in [1.807, 2.05) is 30.3 Å². The molecule has 0 radical (unpaired) electrons. The molecule has 3 N–H and O–H groups in total. The van der Waals surface area contributed by atoms with Crippen molar-refractivity contribution >= 4 is 23.7 Å². The maximum absolute atomic E-state index is 12.3. The fraction of sp³-hybridized carbons (Fsp3) is 0.200. The number of carbonyl (C=O) groups is 4. The first-order valence-electron chi connectivity index (χ1n) is 8.70. The summed E-state index contributed by atoms with van der Waals surface area (Å²) < 4.78 is 0. The van der Waals surface area contributed by atoms with Crippen LogP contribution in [0.25, 0.3) is 0 Å². The maximum Gasteiger partial charge on any atom is 0.336 e. The first-order valence-corrected chi connectivity index (χ1v) is 8.70. The summed E-state index contributed by atoms with van der Waals surface area (Å²) in [6.07, 6.45) is 0.0558. The van der Waals surface area contributed by atoms with E-state index < -0.39 is 23.7 Å². The molecule has 0 spiro atoms. The molecule has 0 saturated carbocycles. The van der Waals surface area contributed by atoms with Crippen molar-refractivity contribution in [2.45, 2.75) is 13.0 Å². The number of hydrazine groups is 1. The van der Waals surface area contributed by atoms with E-state index >= 15 is 0 Å². The van der Waals surface area contributed by atoms with Crippen LogP contribution in [-0.4, -0.2) is 40.2 Å². The zero-order valence-corrected chi connectivity index (χ0v) is 14.9. The normalized spacial score (nSPS) is 15.9. The van der Waals surface area contributed by atoms with Crippen molar-refractivity contribution in [3.63, 3.8) is 0 Å². The molecular weight excluding hydrogens is 362 g/mol. The highest BCUT2D eigenvalue weighted by Crippen LogP contribution is 2.20. The summed E-state index contributed by atoms with van der Waals surface area (Å²) in [5.74, 6) is -3.20. The minimum absolute atomic E-state index is 0.0558. The number of benzene rings is 2. The molecule has 2 aromatic carbocycles. The van der Waals surface area contributed by atoms with Crippen LogP contribution in [0, 0.1) is 5.92 Å². The van der Waals surface area contributed by atoms with Gasteiger partial charge in [0.2, 0.25) is 11.8 Å². The van der Waals surface area contributed by atoms with Gasteiger partial charge < -0.3 is 10.0 Å². The molecule has 144 valence electrons. The van der Waals surface area contributed by atoms with E-state index in [1.165, 1.54) is 24.3 Å². The number of carboxylic acids is 1. The molecule has 1 aliphatic rings. The van der Waals surface area contributed by atoms with E-state index in [-0.39, 0.29) is 30.0 Å². The highest BCUT2D eigenvalue weighted by Gasteiger charge is 2.34. The van der Waals surface area contributed by atoms with Gasteiger partial charge in [0.1, 0.15) is 0 Å². The number of amides is 3. The van der Waals surface area contributed by atoms with E-state index in [1.54, 1.807) is 4.90 Å². The Kier molecular flexibility index (Phi) is 5.69. The van der Waals surface area contributed by atoms with Crippen molar-refractivity contribution in [2.24, 2.45) is 5.92 Å². The van der Waals surface area contributed by atoms with Crippen LogP contribution in [0.1, 0.15) is 32.7 Å². The molecule has 1 atom stereocenters. The van der Waals surface area contributed by atoms with Crippen LogP contribution >= 0.6 is 0 Å². The number of nitrogens with zero attached hydrogens (tertiary/aromatic N) is 1. The summed E-state index contributed by atoms with van der Waals surface area (Å²) in [6.45, 7) is 0.670. The van der Waals surface area contributed by atoms with Gasteiger partial charge in [-0.2, -0.15) is 0 Å². The summed E-state index contributed by atoms with van der Waals surface area (Å²) >= 11 is 0. The maximum atomic E-state index is 12.3. The van der Waals surface area contributed by atoms with Gasteiger partial charge in [0.15, 0.2) is 0 Å². The van der Waals surface area contributed by atoms with Gasteiger partial charge in [-0.25, -0.2) is 4.79 Å². The smallest absolute Gasteiger partial charge is 0.336 e. The summed E-state index contributed by atoms with van der Waals surface area (Å²) in [5.41, 5.74) is 5.24. The van der Waals surface area contributed by atoms with Crippen LogP contribution in [0.5, 0.6) is 0 Å². The van der Waals surface area contributed by atoms with Crippen molar-refractivity contribution in [1.29, 1.82) is 0 Å². The predicted molar refractivity (Wildman–Crippen MR) is 99.0 cm³/mol. The lowest BCUT2D eigenvalue weighted by Gasteiger charge is -2.17. The Balaban J connectivity index is 1.56. The van der Waals surface area contributed by atoms with E-state index in [4.69, 9.17) is 5.11 Å². The zero-order chi connectivity index (χ0) is 20.1. The van der Waals surface area contributed by atoms with Crippen LogP contribution in [0.4, 0.5) is 0 Å². The third-order valence-electron chi connectivity index (χ3n) is 4.50. The van der Waals surface area contributed by atoms with E-state index in [0.717, 1.165) is 5.56 Å². The van der Waals surface area contributed by atoms with Gasteiger partial charge in [0, 0.05) is 19.5 Å². The van der Waals surface area contributed by atoms with Gasteiger partial charge in [-0.1, -0.05) is 42.5 Å². The zero-order valence-electron chi connectivity index (χ0n) is 14.9. The molecule has 2 aromatic rings. The summed E-state index contributed by atoms with van der Waals surface area (Å²) in [6, 6.07) is 15.1. The summed E-state index contributed by atoms with van der Waals surface area (Å²) in [5, 5.41) is 9.13. The van der Waals surface area contributed by atoms with Crippen LogP contribution in [-0.2, 0) is 16.1 Å². The van der Waals surface area contributed by atoms with Gasteiger partial charge in [-0.15, -0.1) is 0 Å². The number of carbonyl (C=O) groups excluding carboxylic acids is 3. The van der Waals surface area contributed by atoms with Crippen LogP contribution < -0.4 is 10.9 Å². The van der Waals surface area contributed by atoms with Crippen molar-refractivity contribution in [2.75, 3.05) is 6.54 Å². The molecule has 28 heavy (non-hydrogen) atoms. The number of aromatic carboxylic acids is 1. The largest absolute Gasteiger partial charge is 0.478 e. The molecule has 0 aromatic heterocycles. The number of hydrogen-bond donors (Lipinski definition) is 3. The minimum atomic E-state index is -1.24.